The van der Waals surface area contributed by atoms with E-state index in [4.69, 9.17) is 21.1 Å². The molecule has 2 aromatic carbocycles. The van der Waals surface area contributed by atoms with Crippen molar-refractivity contribution in [2.24, 2.45) is 5.92 Å². The summed E-state index contributed by atoms with van der Waals surface area (Å²) < 4.78 is 11.0. The van der Waals surface area contributed by atoms with Crippen molar-refractivity contribution in [1.82, 2.24) is 15.3 Å². The fourth-order valence-electron chi connectivity index (χ4n) is 3.39. The summed E-state index contributed by atoms with van der Waals surface area (Å²) in [4.78, 5) is 33.4. The van der Waals surface area contributed by atoms with Gasteiger partial charge in [-0.2, -0.15) is 0 Å². The third kappa shape index (κ3) is 4.91. The molecule has 0 aliphatic heterocycles. The fraction of sp³-hybridized carbons (Fsp3) is 0.304. The van der Waals surface area contributed by atoms with Gasteiger partial charge in [0.2, 0.25) is 5.82 Å². The van der Waals surface area contributed by atoms with Gasteiger partial charge in [-0.1, -0.05) is 31.5 Å². The molecule has 0 fully saturated rings. The Kier molecular flexibility index (Phi) is 7.15. The number of nitrogens with zero attached hydrogens (tertiary/aromatic N) is 2. The summed E-state index contributed by atoms with van der Waals surface area (Å²) in [6, 6.07) is 9.23. The van der Waals surface area contributed by atoms with E-state index in [0.717, 1.165) is 0 Å². The number of rotatable bonds is 8. The molecule has 0 bridgehead atoms. The number of amides is 1. The molecule has 3 rings (SSSR count). The molecule has 168 valence electrons. The van der Waals surface area contributed by atoms with Gasteiger partial charge in [-0.15, -0.1) is 0 Å². The number of carbonyl (C=O) groups is 2. The van der Waals surface area contributed by atoms with Crippen LogP contribution in [0.15, 0.2) is 36.4 Å². The first-order valence-corrected chi connectivity index (χ1v) is 10.3. The molecule has 0 spiro atoms. The molecule has 0 unspecified atom stereocenters. The minimum absolute atomic E-state index is 0.0736. The lowest BCUT2D eigenvalue weighted by atomic mass is 10.0. The second-order valence-corrected chi connectivity index (χ2v) is 8.03. The number of ether oxygens (including phenoxy) is 2. The quantitative estimate of drug-likeness (QED) is 0.521. The molecule has 1 atom stereocenters. The van der Waals surface area contributed by atoms with Crippen molar-refractivity contribution in [3.05, 3.63) is 47.2 Å². The third-order valence-corrected chi connectivity index (χ3v) is 5.07. The summed E-state index contributed by atoms with van der Waals surface area (Å²) in [6.07, 6.45) is 0.275. The summed E-state index contributed by atoms with van der Waals surface area (Å²) in [5, 5.41) is 13.1. The van der Waals surface area contributed by atoms with Gasteiger partial charge >= 0.3 is 5.97 Å². The van der Waals surface area contributed by atoms with Crippen LogP contribution in [0.4, 0.5) is 0 Å². The van der Waals surface area contributed by atoms with E-state index in [0.29, 0.717) is 38.7 Å². The second-order valence-electron chi connectivity index (χ2n) is 7.59. The van der Waals surface area contributed by atoms with Gasteiger partial charge in [0.05, 0.1) is 31.0 Å². The Labute approximate surface area is 190 Å². The number of hydrogen-bond acceptors (Lipinski definition) is 6. The van der Waals surface area contributed by atoms with Crippen LogP contribution in [0.2, 0.25) is 5.02 Å². The van der Waals surface area contributed by atoms with Gasteiger partial charge in [-0.05, 0) is 42.7 Å². The summed E-state index contributed by atoms with van der Waals surface area (Å²) in [6.45, 7) is 3.76. The zero-order valence-electron chi connectivity index (χ0n) is 18.2. The van der Waals surface area contributed by atoms with E-state index in [-0.39, 0.29) is 18.2 Å². The van der Waals surface area contributed by atoms with Crippen molar-refractivity contribution < 1.29 is 24.2 Å². The van der Waals surface area contributed by atoms with Gasteiger partial charge in [-0.25, -0.2) is 14.8 Å². The molecule has 0 aliphatic carbocycles. The Balaban J connectivity index is 2.19. The zero-order chi connectivity index (χ0) is 23.4. The van der Waals surface area contributed by atoms with Crippen LogP contribution in [0.25, 0.3) is 22.2 Å². The number of carboxylic acid groups (broad SMARTS) is 1. The van der Waals surface area contributed by atoms with Crippen LogP contribution in [0.3, 0.4) is 0 Å². The molecular weight excluding hydrogens is 434 g/mol. The van der Waals surface area contributed by atoms with Crippen molar-refractivity contribution in [3.63, 3.8) is 0 Å². The standard InChI is InChI=1S/C23H24ClN3O5/c1-12(2)10-16(23(29)30)26-22(28)21-25-15-9-8-13(24)11-14(15)20(27-21)19-17(31-3)6-5-7-18(19)32-4/h5-9,11-12,16H,10H2,1-4H3,(H,26,28)(H,29,30)/t16-/m0/s1. The van der Waals surface area contributed by atoms with Crippen LogP contribution in [0, 0.1) is 5.92 Å². The topological polar surface area (TPSA) is 111 Å². The predicted molar refractivity (Wildman–Crippen MR) is 121 cm³/mol. The second kappa shape index (κ2) is 9.82. The van der Waals surface area contributed by atoms with Crippen molar-refractivity contribution in [3.8, 4) is 22.8 Å². The van der Waals surface area contributed by atoms with Crippen molar-refractivity contribution in [2.45, 2.75) is 26.3 Å². The van der Waals surface area contributed by atoms with Crippen molar-refractivity contribution >= 4 is 34.4 Å². The zero-order valence-corrected chi connectivity index (χ0v) is 18.9. The third-order valence-electron chi connectivity index (χ3n) is 4.84. The Morgan fingerprint density at radius 1 is 1.09 bits per heavy atom. The van der Waals surface area contributed by atoms with Crippen LogP contribution in [0.5, 0.6) is 11.5 Å². The Hall–Kier alpha value is -3.39. The van der Waals surface area contributed by atoms with Gasteiger partial charge in [0.25, 0.3) is 5.91 Å². The first-order chi connectivity index (χ1) is 15.2. The molecule has 1 heterocycles. The van der Waals surface area contributed by atoms with E-state index in [2.05, 4.69) is 15.3 Å². The minimum Gasteiger partial charge on any atom is -0.496 e. The minimum atomic E-state index is -1.12. The van der Waals surface area contributed by atoms with E-state index < -0.39 is 17.9 Å². The molecular formula is C23H24ClN3O5. The molecule has 8 nitrogen and oxygen atoms in total. The number of aliphatic carboxylic acids is 1. The normalized spacial score (nSPS) is 11.9. The summed E-state index contributed by atoms with van der Waals surface area (Å²) in [5.74, 6) is -0.934. The molecule has 1 aromatic heterocycles. The lowest BCUT2D eigenvalue weighted by Gasteiger charge is -2.17. The summed E-state index contributed by atoms with van der Waals surface area (Å²) in [7, 11) is 3.04. The first kappa shape index (κ1) is 23.3. The molecule has 0 radical (unpaired) electrons. The lowest BCUT2D eigenvalue weighted by Crippen LogP contribution is -2.42. The maximum absolute atomic E-state index is 13.0. The highest BCUT2D eigenvalue weighted by molar-refractivity contribution is 6.31. The molecule has 3 aromatic rings. The Bertz CT molecular complexity index is 1140. The molecule has 2 N–H and O–H groups in total. The SMILES string of the molecule is COc1cccc(OC)c1-c1nc(C(=O)N[C@@H](CC(C)C)C(=O)O)nc2ccc(Cl)cc12. The van der Waals surface area contributed by atoms with E-state index in [1.807, 2.05) is 13.8 Å². The molecule has 1 amide bonds. The fourth-order valence-corrected chi connectivity index (χ4v) is 3.57. The average molecular weight is 458 g/mol. The maximum atomic E-state index is 13.0. The highest BCUT2D eigenvalue weighted by Gasteiger charge is 2.25. The summed E-state index contributed by atoms with van der Waals surface area (Å²) >= 11 is 6.22. The van der Waals surface area contributed by atoms with Gasteiger partial charge < -0.3 is 19.9 Å². The molecule has 32 heavy (non-hydrogen) atoms. The number of fused-ring (bicyclic) bond motifs is 1. The number of carbonyl (C=O) groups excluding carboxylic acids is 1. The van der Waals surface area contributed by atoms with E-state index in [9.17, 15) is 14.7 Å². The number of benzene rings is 2. The predicted octanol–water partition coefficient (Wildman–Crippen LogP) is 4.20. The van der Waals surface area contributed by atoms with Gasteiger partial charge in [0, 0.05) is 10.4 Å². The molecule has 0 saturated heterocycles. The number of carboxylic acids is 1. The number of nitrogens with one attached hydrogen (secondary N) is 1. The van der Waals surface area contributed by atoms with Crippen LogP contribution >= 0.6 is 11.6 Å². The van der Waals surface area contributed by atoms with Crippen LogP contribution in [0.1, 0.15) is 30.9 Å². The highest BCUT2D eigenvalue weighted by Crippen LogP contribution is 2.40. The van der Waals surface area contributed by atoms with Crippen LogP contribution in [-0.4, -0.2) is 47.2 Å². The van der Waals surface area contributed by atoms with Crippen molar-refractivity contribution in [2.75, 3.05) is 14.2 Å². The largest absolute Gasteiger partial charge is 0.496 e. The number of halogens is 1. The average Bonchev–Trinajstić information content (AvgIpc) is 2.76. The molecule has 9 heteroatoms. The van der Waals surface area contributed by atoms with Crippen LogP contribution in [-0.2, 0) is 4.79 Å². The maximum Gasteiger partial charge on any atom is 0.326 e. The molecule has 0 saturated carbocycles. The monoisotopic (exact) mass is 457 g/mol. The van der Waals surface area contributed by atoms with E-state index in [1.165, 1.54) is 14.2 Å². The van der Waals surface area contributed by atoms with Crippen molar-refractivity contribution in [1.29, 1.82) is 0 Å². The Morgan fingerprint density at radius 3 is 2.31 bits per heavy atom. The van der Waals surface area contributed by atoms with E-state index in [1.54, 1.807) is 36.4 Å². The molecule has 0 aliphatic rings. The van der Waals surface area contributed by atoms with Gasteiger partial charge in [0.1, 0.15) is 17.5 Å². The Morgan fingerprint density at radius 2 is 1.75 bits per heavy atom. The van der Waals surface area contributed by atoms with E-state index >= 15 is 0 Å². The summed E-state index contributed by atoms with van der Waals surface area (Å²) in [5.41, 5.74) is 1.37. The lowest BCUT2D eigenvalue weighted by molar-refractivity contribution is -0.139. The highest BCUT2D eigenvalue weighted by atomic mass is 35.5. The first-order valence-electron chi connectivity index (χ1n) is 9.97. The number of hydrogen-bond donors (Lipinski definition) is 2. The van der Waals surface area contributed by atoms with Gasteiger partial charge in [-0.3, -0.25) is 4.79 Å². The number of methoxy groups -OCH3 is 2. The van der Waals surface area contributed by atoms with Gasteiger partial charge in [0.15, 0.2) is 0 Å². The van der Waals surface area contributed by atoms with Crippen LogP contribution < -0.4 is 14.8 Å². The number of aromatic nitrogens is 2. The smallest absolute Gasteiger partial charge is 0.326 e.